The molecule has 1 aliphatic rings. The Hall–Kier alpha value is -2.39. The summed E-state index contributed by atoms with van der Waals surface area (Å²) in [4.78, 5) is 16.5. The molecule has 0 spiro atoms. The standard InChI is InChI=1S/C16H22N6O3/c1-12-19-20-21-22(12)8-5-16(23)18-14-11-24-9-6-15(14)25-10-13-4-2-3-7-17-13/h2-4,7,14-15H,5-6,8-11H2,1H3,(H,18,23)/t14-,15-/m1/s1. The molecular weight excluding hydrogens is 324 g/mol. The maximum atomic E-state index is 12.2. The van der Waals surface area contributed by atoms with Crippen molar-refractivity contribution in [3.05, 3.63) is 35.9 Å². The van der Waals surface area contributed by atoms with Crippen molar-refractivity contribution in [1.29, 1.82) is 0 Å². The van der Waals surface area contributed by atoms with Crippen LogP contribution in [0.15, 0.2) is 24.4 Å². The molecule has 1 N–H and O–H groups in total. The van der Waals surface area contributed by atoms with Crippen LogP contribution in [-0.2, 0) is 27.4 Å². The van der Waals surface area contributed by atoms with E-state index in [4.69, 9.17) is 9.47 Å². The number of aryl methyl sites for hydroxylation is 2. The number of tetrazole rings is 1. The third kappa shape index (κ3) is 5.04. The largest absolute Gasteiger partial charge is 0.379 e. The van der Waals surface area contributed by atoms with Gasteiger partial charge >= 0.3 is 0 Å². The zero-order chi connectivity index (χ0) is 17.5. The minimum atomic E-state index is -0.167. The molecule has 2 aromatic heterocycles. The number of hydrogen-bond acceptors (Lipinski definition) is 7. The molecular formula is C16H22N6O3. The van der Waals surface area contributed by atoms with Gasteiger partial charge in [-0.2, -0.15) is 0 Å². The van der Waals surface area contributed by atoms with E-state index in [1.54, 1.807) is 17.8 Å². The summed E-state index contributed by atoms with van der Waals surface area (Å²) < 4.78 is 13.0. The molecule has 0 bridgehead atoms. The molecule has 0 unspecified atom stereocenters. The van der Waals surface area contributed by atoms with Gasteiger partial charge in [0.15, 0.2) is 0 Å². The van der Waals surface area contributed by atoms with E-state index in [1.807, 2.05) is 18.2 Å². The second-order valence-electron chi connectivity index (χ2n) is 5.91. The zero-order valence-electron chi connectivity index (χ0n) is 14.2. The van der Waals surface area contributed by atoms with Crippen LogP contribution in [0.5, 0.6) is 0 Å². The Labute approximate surface area is 145 Å². The minimum absolute atomic E-state index is 0.0724. The predicted molar refractivity (Wildman–Crippen MR) is 87.4 cm³/mol. The molecule has 0 aromatic carbocycles. The molecule has 1 amide bonds. The first-order valence-corrected chi connectivity index (χ1v) is 8.34. The van der Waals surface area contributed by atoms with E-state index >= 15 is 0 Å². The van der Waals surface area contributed by atoms with Crippen LogP contribution in [0.2, 0.25) is 0 Å². The van der Waals surface area contributed by atoms with E-state index in [0.717, 1.165) is 12.1 Å². The minimum Gasteiger partial charge on any atom is -0.379 e. The van der Waals surface area contributed by atoms with Crippen LogP contribution in [0.4, 0.5) is 0 Å². The molecule has 3 heterocycles. The topological polar surface area (TPSA) is 104 Å². The fourth-order valence-electron chi connectivity index (χ4n) is 2.67. The van der Waals surface area contributed by atoms with Gasteiger partial charge in [-0.15, -0.1) is 5.10 Å². The summed E-state index contributed by atoms with van der Waals surface area (Å²) in [5.41, 5.74) is 0.869. The first-order valence-electron chi connectivity index (χ1n) is 8.34. The molecule has 2 aromatic rings. The van der Waals surface area contributed by atoms with Crippen LogP contribution in [0, 0.1) is 6.92 Å². The van der Waals surface area contributed by atoms with Gasteiger partial charge in [0.2, 0.25) is 5.91 Å². The Morgan fingerprint density at radius 2 is 2.40 bits per heavy atom. The number of ether oxygens (including phenoxy) is 2. The van der Waals surface area contributed by atoms with Crippen molar-refractivity contribution in [1.82, 2.24) is 30.5 Å². The molecule has 0 saturated carbocycles. The Morgan fingerprint density at radius 3 is 3.16 bits per heavy atom. The second-order valence-corrected chi connectivity index (χ2v) is 5.91. The van der Waals surface area contributed by atoms with Crippen LogP contribution in [0.3, 0.4) is 0 Å². The van der Waals surface area contributed by atoms with E-state index in [2.05, 4.69) is 25.8 Å². The smallest absolute Gasteiger partial charge is 0.222 e. The SMILES string of the molecule is Cc1nnnn1CCC(=O)N[C@@H]1COCC[C@H]1OCc1ccccn1. The van der Waals surface area contributed by atoms with E-state index in [9.17, 15) is 4.79 Å². The number of carbonyl (C=O) groups is 1. The number of nitrogens with one attached hydrogen (secondary N) is 1. The summed E-state index contributed by atoms with van der Waals surface area (Å²) in [7, 11) is 0. The molecule has 134 valence electrons. The number of rotatable bonds is 7. The molecule has 3 rings (SSSR count). The van der Waals surface area contributed by atoms with Gasteiger partial charge in [-0.1, -0.05) is 6.07 Å². The van der Waals surface area contributed by atoms with E-state index in [-0.39, 0.29) is 18.1 Å². The molecule has 9 heteroatoms. The summed E-state index contributed by atoms with van der Waals surface area (Å²) in [6.07, 6.45) is 2.69. The maximum Gasteiger partial charge on any atom is 0.222 e. The van der Waals surface area contributed by atoms with Crippen molar-refractivity contribution in [2.75, 3.05) is 13.2 Å². The Kier molecular flexibility index (Phi) is 6.02. The molecule has 1 fully saturated rings. The fraction of sp³-hybridized carbons (Fsp3) is 0.562. The highest BCUT2D eigenvalue weighted by Gasteiger charge is 2.28. The van der Waals surface area contributed by atoms with Crippen LogP contribution < -0.4 is 5.32 Å². The average molecular weight is 346 g/mol. The lowest BCUT2D eigenvalue weighted by Crippen LogP contribution is -2.50. The fourth-order valence-corrected chi connectivity index (χ4v) is 2.67. The number of hydrogen-bond donors (Lipinski definition) is 1. The summed E-state index contributed by atoms with van der Waals surface area (Å²) in [5.74, 6) is 0.613. The van der Waals surface area contributed by atoms with Gasteiger partial charge in [-0.3, -0.25) is 9.78 Å². The maximum absolute atomic E-state index is 12.2. The second kappa shape index (κ2) is 8.63. The van der Waals surface area contributed by atoms with Crippen LogP contribution >= 0.6 is 0 Å². The number of amides is 1. The third-order valence-electron chi connectivity index (χ3n) is 4.07. The van der Waals surface area contributed by atoms with Gasteiger partial charge < -0.3 is 14.8 Å². The lowest BCUT2D eigenvalue weighted by molar-refractivity contribution is -0.126. The normalized spacial score (nSPS) is 20.4. The van der Waals surface area contributed by atoms with Gasteiger partial charge in [-0.25, -0.2) is 4.68 Å². The molecule has 25 heavy (non-hydrogen) atoms. The Balaban J connectivity index is 1.48. The van der Waals surface area contributed by atoms with E-state index in [1.165, 1.54) is 0 Å². The number of pyridine rings is 1. The van der Waals surface area contributed by atoms with Gasteiger partial charge in [0, 0.05) is 19.2 Å². The van der Waals surface area contributed by atoms with E-state index < -0.39 is 0 Å². The van der Waals surface area contributed by atoms with Crippen molar-refractivity contribution in [2.45, 2.75) is 45.1 Å². The molecule has 9 nitrogen and oxygen atoms in total. The Bertz CT molecular complexity index is 678. The number of carbonyl (C=O) groups excluding carboxylic acids is 1. The number of nitrogens with zero attached hydrogens (tertiary/aromatic N) is 5. The lowest BCUT2D eigenvalue weighted by atomic mass is 10.1. The van der Waals surface area contributed by atoms with Gasteiger partial charge in [0.1, 0.15) is 5.82 Å². The van der Waals surface area contributed by atoms with Crippen molar-refractivity contribution in [3.8, 4) is 0 Å². The third-order valence-corrected chi connectivity index (χ3v) is 4.07. The van der Waals surface area contributed by atoms with Gasteiger partial charge in [-0.05, 0) is 35.9 Å². The van der Waals surface area contributed by atoms with Crippen molar-refractivity contribution in [2.24, 2.45) is 0 Å². The monoisotopic (exact) mass is 346 g/mol. The highest BCUT2D eigenvalue weighted by atomic mass is 16.5. The summed E-state index contributed by atoms with van der Waals surface area (Å²) in [5, 5.41) is 14.2. The first-order chi connectivity index (χ1) is 12.2. The highest BCUT2D eigenvalue weighted by molar-refractivity contribution is 5.76. The number of aromatic nitrogens is 5. The summed E-state index contributed by atoms with van der Waals surface area (Å²) in [6.45, 7) is 3.74. The zero-order valence-corrected chi connectivity index (χ0v) is 14.2. The van der Waals surface area contributed by atoms with E-state index in [0.29, 0.717) is 38.6 Å². The quantitative estimate of drug-likeness (QED) is 0.766. The van der Waals surface area contributed by atoms with Gasteiger partial charge in [0.05, 0.1) is 37.6 Å². The highest BCUT2D eigenvalue weighted by Crippen LogP contribution is 2.14. The lowest BCUT2D eigenvalue weighted by Gasteiger charge is -2.32. The molecule has 0 aliphatic carbocycles. The Morgan fingerprint density at radius 1 is 1.48 bits per heavy atom. The van der Waals surface area contributed by atoms with Crippen molar-refractivity contribution < 1.29 is 14.3 Å². The van der Waals surface area contributed by atoms with Crippen molar-refractivity contribution >= 4 is 5.91 Å². The molecule has 1 aliphatic heterocycles. The van der Waals surface area contributed by atoms with Crippen LogP contribution in [-0.4, -0.2) is 56.5 Å². The average Bonchev–Trinajstić information content (AvgIpc) is 3.05. The molecule has 1 saturated heterocycles. The molecule has 2 atom stereocenters. The summed E-state index contributed by atoms with van der Waals surface area (Å²) >= 11 is 0. The summed E-state index contributed by atoms with van der Waals surface area (Å²) in [6, 6.07) is 5.55. The van der Waals surface area contributed by atoms with Crippen molar-refractivity contribution in [3.63, 3.8) is 0 Å². The van der Waals surface area contributed by atoms with Crippen LogP contribution in [0.25, 0.3) is 0 Å². The van der Waals surface area contributed by atoms with Gasteiger partial charge in [0.25, 0.3) is 0 Å². The molecule has 0 radical (unpaired) electrons. The predicted octanol–water partition coefficient (Wildman–Crippen LogP) is 0.257. The first kappa shape index (κ1) is 17.4. The van der Waals surface area contributed by atoms with Crippen LogP contribution in [0.1, 0.15) is 24.4 Å².